The maximum Gasteiger partial charge on any atom is 0.416 e. The van der Waals surface area contributed by atoms with E-state index in [9.17, 15) is 13.2 Å². The molecule has 0 radical (unpaired) electrons. The minimum atomic E-state index is -4.32. The molecule has 1 unspecified atom stereocenters. The lowest BCUT2D eigenvalue weighted by atomic mass is 9.81. The lowest BCUT2D eigenvalue weighted by Crippen LogP contribution is -2.44. The highest BCUT2D eigenvalue weighted by Gasteiger charge is 2.35. The summed E-state index contributed by atoms with van der Waals surface area (Å²) in [7, 11) is 0. The molecule has 0 spiro atoms. The number of hydrogen-bond donors (Lipinski definition) is 1. The number of halogens is 3. The third-order valence-electron chi connectivity index (χ3n) is 3.31. The Bertz CT molecular complexity index is 470. The van der Waals surface area contributed by atoms with Gasteiger partial charge in [-0.2, -0.15) is 13.2 Å². The van der Waals surface area contributed by atoms with E-state index < -0.39 is 11.7 Å². The van der Waals surface area contributed by atoms with Crippen LogP contribution in [0.25, 0.3) is 0 Å². The standard InChI is InChI=1S/C17H26F3N/c1-12(21-16(5,6)11-15(2,3)4)13-9-7-8-10-14(13)17(18,19)20/h7-10,12,21H,11H2,1-6H3. The molecule has 21 heavy (non-hydrogen) atoms. The van der Waals surface area contributed by atoms with E-state index in [0.29, 0.717) is 5.56 Å². The van der Waals surface area contributed by atoms with Crippen molar-refractivity contribution in [1.82, 2.24) is 5.32 Å². The molecule has 120 valence electrons. The predicted octanol–water partition coefficient (Wildman–Crippen LogP) is 5.57. The predicted molar refractivity (Wildman–Crippen MR) is 81.1 cm³/mol. The van der Waals surface area contributed by atoms with Gasteiger partial charge < -0.3 is 5.32 Å². The van der Waals surface area contributed by atoms with Crippen molar-refractivity contribution >= 4 is 0 Å². The van der Waals surface area contributed by atoms with Crippen LogP contribution < -0.4 is 5.32 Å². The Balaban J connectivity index is 2.98. The van der Waals surface area contributed by atoms with E-state index in [-0.39, 0.29) is 17.0 Å². The van der Waals surface area contributed by atoms with Gasteiger partial charge in [0.2, 0.25) is 0 Å². The van der Waals surface area contributed by atoms with Crippen LogP contribution in [0.5, 0.6) is 0 Å². The van der Waals surface area contributed by atoms with Crippen LogP contribution in [0.1, 0.15) is 65.1 Å². The first-order valence-electron chi connectivity index (χ1n) is 7.26. The average molecular weight is 301 g/mol. The number of benzene rings is 1. The molecule has 1 nitrogen and oxygen atoms in total. The monoisotopic (exact) mass is 301 g/mol. The molecule has 0 saturated heterocycles. The SMILES string of the molecule is CC(NC(C)(C)CC(C)(C)C)c1ccccc1C(F)(F)F. The minimum absolute atomic E-state index is 0.111. The van der Waals surface area contributed by atoms with E-state index in [1.807, 2.05) is 13.8 Å². The number of hydrogen-bond acceptors (Lipinski definition) is 1. The van der Waals surface area contributed by atoms with Crippen molar-refractivity contribution < 1.29 is 13.2 Å². The third kappa shape index (κ3) is 5.70. The van der Waals surface area contributed by atoms with Gasteiger partial charge in [-0.25, -0.2) is 0 Å². The maximum atomic E-state index is 13.1. The summed E-state index contributed by atoms with van der Waals surface area (Å²) in [4.78, 5) is 0. The van der Waals surface area contributed by atoms with Gasteiger partial charge >= 0.3 is 6.18 Å². The van der Waals surface area contributed by atoms with Crippen molar-refractivity contribution in [3.63, 3.8) is 0 Å². The third-order valence-corrected chi connectivity index (χ3v) is 3.31. The normalized spacial score (nSPS) is 15.1. The molecule has 4 heteroatoms. The van der Waals surface area contributed by atoms with Crippen molar-refractivity contribution in [1.29, 1.82) is 0 Å². The number of rotatable bonds is 4. The van der Waals surface area contributed by atoms with Gasteiger partial charge in [0.25, 0.3) is 0 Å². The Kier molecular flexibility index (Phi) is 5.14. The highest BCUT2D eigenvalue weighted by atomic mass is 19.4. The number of alkyl halides is 3. The molecule has 1 aromatic rings. The molecule has 1 rings (SSSR count). The molecule has 1 atom stereocenters. The zero-order valence-corrected chi connectivity index (χ0v) is 13.7. The van der Waals surface area contributed by atoms with Gasteiger partial charge in [-0.15, -0.1) is 0 Å². The largest absolute Gasteiger partial charge is 0.416 e. The summed E-state index contributed by atoms with van der Waals surface area (Å²) in [5.74, 6) is 0. The lowest BCUT2D eigenvalue weighted by molar-refractivity contribution is -0.138. The summed E-state index contributed by atoms with van der Waals surface area (Å²) < 4.78 is 39.3. The second-order valence-corrected chi connectivity index (χ2v) is 7.57. The van der Waals surface area contributed by atoms with Crippen LogP contribution in [-0.4, -0.2) is 5.54 Å². The zero-order valence-electron chi connectivity index (χ0n) is 13.7. The smallest absolute Gasteiger partial charge is 0.305 e. The van der Waals surface area contributed by atoms with Crippen LogP contribution in [0, 0.1) is 5.41 Å². The fraction of sp³-hybridized carbons (Fsp3) is 0.647. The van der Waals surface area contributed by atoms with Gasteiger partial charge in [0.05, 0.1) is 5.56 Å². The van der Waals surface area contributed by atoms with Crippen LogP contribution in [0.15, 0.2) is 24.3 Å². The Hall–Kier alpha value is -1.03. The van der Waals surface area contributed by atoms with E-state index in [4.69, 9.17) is 0 Å². The number of nitrogens with one attached hydrogen (secondary N) is 1. The van der Waals surface area contributed by atoms with Gasteiger partial charge in [0, 0.05) is 11.6 Å². The molecule has 0 fully saturated rings. The van der Waals surface area contributed by atoms with Gasteiger partial charge in [-0.3, -0.25) is 0 Å². The first-order valence-corrected chi connectivity index (χ1v) is 7.26. The van der Waals surface area contributed by atoms with E-state index in [2.05, 4.69) is 26.1 Å². The van der Waals surface area contributed by atoms with Gasteiger partial charge in [0.1, 0.15) is 0 Å². The van der Waals surface area contributed by atoms with E-state index in [1.165, 1.54) is 6.07 Å². The maximum absolute atomic E-state index is 13.1. The fourth-order valence-electron chi connectivity index (χ4n) is 3.17. The second kappa shape index (κ2) is 5.99. The molecule has 0 amide bonds. The molecule has 0 saturated carbocycles. The molecule has 0 bridgehead atoms. The summed E-state index contributed by atoms with van der Waals surface area (Å²) in [5.41, 5.74) is -0.389. The molecule has 0 aliphatic heterocycles. The summed E-state index contributed by atoms with van der Waals surface area (Å²) >= 11 is 0. The Morgan fingerprint density at radius 1 is 1.00 bits per heavy atom. The van der Waals surface area contributed by atoms with E-state index >= 15 is 0 Å². The molecule has 0 aromatic heterocycles. The second-order valence-electron chi connectivity index (χ2n) is 7.57. The van der Waals surface area contributed by atoms with Crippen LogP contribution >= 0.6 is 0 Å². The molecule has 0 heterocycles. The minimum Gasteiger partial charge on any atom is -0.305 e. The Labute approximate surface area is 125 Å². The quantitative estimate of drug-likeness (QED) is 0.766. The average Bonchev–Trinajstić information content (AvgIpc) is 2.23. The Morgan fingerprint density at radius 3 is 2.00 bits per heavy atom. The molecule has 1 aromatic carbocycles. The topological polar surface area (TPSA) is 12.0 Å². The first kappa shape index (κ1) is 18.0. The van der Waals surface area contributed by atoms with Crippen molar-refractivity contribution in [3.05, 3.63) is 35.4 Å². The van der Waals surface area contributed by atoms with Crippen LogP contribution in [0.4, 0.5) is 13.2 Å². The van der Waals surface area contributed by atoms with Gasteiger partial charge in [-0.05, 0) is 44.2 Å². The Morgan fingerprint density at radius 2 is 1.52 bits per heavy atom. The lowest BCUT2D eigenvalue weighted by Gasteiger charge is -2.36. The summed E-state index contributed by atoms with van der Waals surface area (Å²) in [6.45, 7) is 12.2. The van der Waals surface area contributed by atoms with Crippen molar-refractivity contribution in [2.24, 2.45) is 5.41 Å². The first-order chi connectivity index (χ1) is 9.32. The van der Waals surface area contributed by atoms with Crippen LogP contribution in [0.2, 0.25) is 0 Å². The zero-order chi connectivity index (χ0) is 16.5. The highest BCUT2D eigenvalue weighted by Crippen LogP contribution is 2.36. The molecule has 1 N–H and O–H groups in total. The van der Waals surface area contributed by atoms with Gasteiger partial charge in [-0.1, -0.05) is 39.0 Å². The fourth-order valence-corrected chi connectivity index (χ4v) is 3.17. The molecular weight excluding hydrogens is 275 g/mol. The van der Waals surface area contributed by atoms with Gasteiger partial charge in [0.15, 0.2) is 0 Å². The summed E-state index contributed by atoms with van der Waals surface area (Å²) in [6.07, 6.45) is -3.45. The van der Waals surface area contributed by atoms with Crippen molar-refractivity contribution in [2.75, 3.05) is 0 Å². The van der Waals surface area contributed by atoms with Crippen molar-refractivity contribution in [3.8, 4) is 0 Å². The van der Waals surface area contributed by atoms with E-state index in [0.717, 1.165) is 12.5 Å². The molecular formula is C17H26F3N. The van der Waals surface area contributed by atoms with Crippen molar-refractivity contribution in [2.45, 2.75) is 65.7 Å². The summed E-state index contributed by atoms with van der Waals surface area (Å²) in [5, 5.41) is 3.34. The molecule has 0 aliphatic carbocycles. The summed E-state index contributed by atoms with van der Waals surface area (Å²) in [6, 6.07) is 5.41. The van der Waals surface area contributed by atoms with Crippen LogP contribution in [-0.2, 0) is 6.18 Å². The highest BCUT2D eigenvalue weighted by molar-refractivity contribution is 5.32. The molecule has 0 aliphatic rings. The van der Waals surface area contributed by atoms with Crippen LogP contribution in [0.3, 0.4) is 0 Å². The van der Waals surface area contributed by atoms with E-state index in [1.54, 1.807) is 19.1 Å².